The molecular weight excluding hydrogens is 360 g/mol. The van der Waals surface area contributed by atoms with Crippen molar-refractivity contribution in [3.05, 3.63) is 53.6 Å². The molecule has 0 unspecified atom stereocenters. The van der Waals surface area contributed by atoms with Crippen molar-refractivity contribution in [3.63, 3.8) is 0 Å². The van der Waals surface area contributed by atoms with Crippen LogP contribution in [0.25, 0.3) is 10.2 Å². The molecule has 4 nitrogen and oxygen atoms in total. The van der Waals surface area contributed by atoms with E-state index in [0.717, 1.165) is 20.1 Å². The molecule has 126 valence electrons. The monoisotopic (exact) mass is 378 g/mol. The molecule has 0 aliphatic carbocycles. The second-order valence-electron chi connectivity index (χ2n) is 5.59. The SMILES string of the molecule is Cc1cccc(NS(=O)(=O)CCSc2nc3cc(C)ccc3s2)c1. The number of fused-ring (bicyclic) bond motifs is 1. The predicted octanol–water partition coefficient (Wildman–Crippen LogP) is 4.45. The molecule has 0 saturated heterocycles. The van der Waals surface area contributed by atoms with Crippen LogP contribution in [0.4, 0.5) is 5.69 Å². The Bertz CT molecular complexity index is 965. The first kappa shape index (κ1) is 17.3. The van der Waals surface area contributed by atoms with Gasteiger partial charge in [-0.3, -0.25) is 4.72 Å². The zero-order valence-corrected chi connectivity index (χ0v) is 15.9. The van der Waals surface area contributed by atoms with Crippen LogP contribution in [0, 0.1) is 13.8 Å². The van der Waals surface area contributed by atoms with E-state index in [1.54, 1.807) is 17.4 Å². The van der Waals surface area contributed by atoms with Gasteiger partial charge in [-0.1, -0.05) is 30.0 Å². The number of benzene rings is 2. The Balaban J connectivity index is 1.60. The highest BCUT2D eigenvalue weighted by molar-refractivity contribution is 8.02. The molecule has 0 spiro atoms. The minimum absolute atomic E-state index is 0.0561. The molecule has 0 bridgehead atoms. The Morgan fingerprint density at radius 2 is 1.92 bits per heavy atom. The van der Waals surface area contributed by atoms with Crippen molar-refractivity contribution in [2.75, 3.05) is 16.2 Å². The number of thiazole rings is 1. The lowest BCUT2D eigenvalue weighted by molar-refractivity contribution is 0.602. The third-order valence-corrected chi connectivity index (χ3v) is 7.12. The summed E-state index contributed by atoms with van der Waals surface area (Å²) in [5.74, 6) is 0.528. The molecule has 2 aromatic carbocycles. The molecule has 0 atom stereocenters. The lowest BCUT2D eigenvalue weighted by Gasteiger charge is -2.07. The number of thioether (sulfide) groups is 1. The van der Waals surface area contributed by atoms with Gasteiger partial charge in [-0.25, -0.2) is 13.4 Å². The lowest BCUT2D eigenvalue weighted by Crippen LogP contribution is -2.18. The fraction of sp³-hybridized carbons (Fsp3) is 0.235. The van der Waals surface area contributed by atoms with Gasteiger partial charge in [0.25, 0.3) is 0 Å². The Labute approximate surface area is 150 Å². The van der Waals surface area contributed by atoms with E-state index in [2.05, 4.69) is 21.8 Å². The maximum Gasteiger partial charge on any atom is 0.233 e. The molecule has 7 heteroatoms. The summed E-state index contributed by atoms with van der Waals surface area (Å²) in [4.78, 5) is 4.55. The van der Waals surface area contributed by atoms with Crippen molar-refractivity contribution < 1.29 is 8.42 Å². The maximum atomic E-state index is 12.2. The summed E-state index contributed by atoms with van der Waals surface area (Å²) in [5.41, 5.74) is 3.78. The van der Waals surface area contributed by atoms with Crippen LogP contribution < -0.4 is 4.72 Å². The van der Waals surface area contributed by atoms with Crippen molar-refractivity contribution in [1.82, 2.24) is 4.98 Å². The van der Waals surface area contributed by atoms with E-state index in [0.29, 0.717) is 11.4 Å². The quantitative estimate of drug-likeness (QED) is 0.644. The zero-order chi connectivity index (χ0) is 17.2. The summed E-state index contributed by atoms with van der Waals surface area (Å²) in [6.45, 7) is 3.97. The van der Waals surface area contributed by atoms with Gasteiger partial charge in [-0.2, -0.15) is 0 Å². The fourth-order valence-corrected chi connectivity index (χ4v) is 5.82. The van der Waals surface area contributed by atoms with Gasteiger partial charge in [0, 0.05) is 11.4 Å². The fourth-order valence-electron chi connectivity index (χ4n) is 2.26. The molecule has 0 amide bonds. The van der Waals surface area contributed by atoms with Crippen LogP contribution in [0.3, 0.4) is 0 Å². The third kappa shape index (κ3) is 4.49. The Kier molecular flexibility index (Phi) is 5.12. The summed E-state index contributed by atoms with van der Waals surface area (Å²) >= 11 is 3.08. The molecule has 1 N–H and O–H groups in total. The van der Waals surface area contributed by atoms with E-state index in [1.165, 1.54) is 17.3 Å². The molecule has 0 aliphatic heterocycles. The number of hydrogen-bond donors (Lipinski definition) is 1. The second-order valence-corrected chi connectivity index (χ2v) is 9.80. The number of sulfonamides is 1. The van der Waals surface area contributed by atoms with E-state index in [9.17, 15) is 8.42 Å². The minimum atomic E-state index is -3.35. The number of hydrogen-bond acceptors (Lipinski definition) is 5. The number of anilines is 1. The molecule has 0 saturated carbocycles. The molecule has 1 heterocycles. The number of aromatic nitrogens is 1. The standard InChI is InChI=1S/C17H18N2O2S3/c1-12-4-3-5-14(10-12)19-24(20,21)9-8-22-17-18-15-11-13(2)6-7-16(15)23-17/h3-7,10-11,19H,8-9H2,1-2H3. The molecule has 3 aromatic rings. The highest BCUT2D eigenvalue weighted by atomic mass is 32.2. The smallest absolute Gasteiger partial charge is 0.233 e. The van der Waals surface area contributed by atoms with Crippen molar-refractivity contribution >= 4 is 49.0 Å². The Hall–Kier alpha value is -1.57. The van der Waals surface area contributed by atoms with Crippen LogP contribution >= 0.6 is 23.1 Å². The molecule has 0 radical (unpaired) electrons. The van der Waals surface area contributed by atoms with Gasteiger partial charge in [-0.05, 0) is 49.2 Å². The van der Waals surface area contributed by atoms with Gasteiger partial charge in [0.05, 0.1) is 16.0 Å². The summed E-state index contributed by atoms with van der Waals surface area (Å²) < 4.78 is 29.0. The van der Waals surface area contributed by atoms with Crippen LogP contribution in [0.15, 0.2) is 46.8 Å². The van der Waals surface area contributed by atoms with Crippen LogP contribution in [0.1, 0.15) is 11.1 Å². The molecule has 0 fully saturated rings. The van der Waals surface area contributed by atoms with Gasteiger partial charge in [0.15, 0.2) is 4.34 Å². The number of aryl methyl sites for hydroxylation is 2. The van der Waals surface area contributed by atoms with Crippen LogP contribution in [-0.4, -0.2) is 24.9 Å². The average molecular weight is 379 g/mol. The number of nitrogens with one attached hydrogen (secondary N) is 1. The van der Waals surface area contributed by atoms with E-state index in [-0.39, 0.29) is 5.75 Å². The second kappa shape index (κ2) is 7.13. The first-order valence-corrected chi connectivity index (χ1v) is 10.9. The molecule has 24 heavy (non-hydrogen) atoms. The van der Waals surface area contributed by atoms with E-state index in [1.807, 2.05) is 38.1 Å². The first-order valence-electron chi connectivity index (χ1n) is 7.48. The maximum absolute atomic E-state index is 12.2. The lowest BCUT2D eigenvalue weighted by atomic mass is 10.2. The van der Waals surface area contributed by atoms with Crippen LogP contribution in [0.2, 0.25) is 0 Å². The summed E-state index contributed by atoms with van der Waals surface area (Å²) in [7, 11) is -3.35. The van der Waals surface area contributed by atoms with Crippen LogP contribution in [0.5, 0.6) is 0 Å². The third-order valence-electron chi connectivity index (χ3n) is 3.39. The number of rotatable bonds is 6. The minimum Gasteiger partial charge on any atom is -0.284 e. The number of nitrogens with zero attached hydrogens (tertiary/aromatic N) is 1. The van der Waals surface area contributed by atoms with E-state index < -0.39 is 10.0 Å². The van der Waals surface area contributed by atoms with Gasteiger partial charge >= 0.3 is 0 Å². The normalized spacial score (nSPS) is 11.8. The molecular formula is C17H18N2O2S3. The largest absolute Gasteiger partial charge is 0.284 e. The van der Waals surface area contributed by atoms with E-state index in [4.69, 9.17) is 0 Å². The molecule has 1 aromatic heterocycles. The predicted molar refractivity (Wildman–Crippen MR) is 104 cm³/mol. The first-order chi connectivity index (χ1) is 11.4. The summed E-state index contributed by atoms with van der Waals surface area (Å²) in [5, 5.41) is 0. The van der Waals surface area contributed by atoms with Gasteiger partial charge in [-0.15, -0.1) is 11.3 Å². The summed E-state index contributed by atoms with van der Waals surface area (Å²) in [6.07, 6.45) is 0. The topological polar surface area (TPSA) is 59.1 Å². The van der Waals surface area contributed by atoms with Crippen molar-refractivity contribution in [1.29, 1.82) is 0 Å². The van der Waals surface area contributed by atoms with E-state index >= 15 is 0 Å². The average Bonchev–Trinajstić information content (AvgIpc) is 2.88. The zero-order valence-electron chi connectivity index (χ0n) is 13.4. The molecule has 3 rings (SSSR count). The highest BCUT2D eigenvalue weighted by Gasteiger charge is 2.12. The van der Waals surface area contributed by atoms with Gasteiger partial charge in [0.2, 0.25) is 10.0 Å². The molecule has 0 aliphatic rings. The Morgan fingerprint density at radius 1 is 1.12 bits per heavy atom. The van der Waals surface area contributed by atoms with Crippen molar-refractivity contribution in [2.45, 2.75) is 18.2 Å². The van der Waals surface area contributed by atoms with Crippen LogP contribution in [-0.2, 0) is 10.0 Å². The Morgan fingerprint density at radius 3 is 2.71 bits per heavy atom. The van der Waals surface area contributed by atoms with Gasteiger partial charge < -0.3 is 0 Å². The van der Waals surface area contributed by atoms with Crippen molar-refractivity contribution in [3.8, 4) is 0 Å². The van der Waals surface area contributed by atoms with Gasteiger partial charge in [0.1, 0.15) is 0 Å². The summed E-state index contributed by atoms with van der Waals surface area (Å²) in [6, 6.07) is 13.5. The highest BCUT2D eigenvalue weighted by Crippen LogP contribution is 2.30. The van der Waals surface area contributed by atoms with Crippen molar-refractivity contribution in [2.24, 2.45) is 0 Å².